The Morgan fingerprint density at radius 1 is 0.816 bits per heavy atom. The molecule has 2 aromatic rings. The Kier molecular flexibility index (Phi) is 13.3. The van der Waals surface area contributed by atoms with Crippen molar-refractivity contribution in [3.8, 4) is 0 Å². The van der Waals surface area contributed by atoms with Gasteiger partial charge in [-0.3, -0.25) is 0 Å². The zero-order valence-electron chi connectivity index (χ0n) is 22.4. The second kappa shape index (κ2) is 16.7. The maximum atomic E-state index is 12.9. The quantitative estimate of drug-likeness (QED) is 0.159. The van der Waals surface area contributed by atoms with Crippen LogP contribution in [0.1, 0.15) is 16.8 Å². The van der Waals surface area contributed by atoms with E-state index in [4.69, 9.17) is 47.4 Å². The van der Waals surface area contributed by atoms with Gasteiger partial charge in [0.05, 0.1) is 24.4 Å². The van der Waals surface area contributed by atoms with Crippen LogP contribution in [0.3, 0.4) is 0 Å². The summed E-state index contributed by atoms with van der Waals surface area (Å²) in [5, 5.41) is 1.99. The molecule has 5 atom stereocenters. The molecule has 212 valence electrons. The third-order valence-electron chi connectivity index (χ3n) is 5.95. The number of ether oxygens (including phenoxy) is 10. The zero-order chi connectivity index (χ0) is 27.2. The van der Waals surface area contributed by atoms with Gasteiger partial charge in [0.25, 0.3) is 0 Å². The normalized spacial score (nSPS) is 22.1. The molecule has 3 rings (SSSR count). The van der Waals surface area contributed by atoms with Crippen molar-refractivity contribution in [2.45, 2.75) is 36.9 Å². The van der Waals surface area contributed by atoms with E-state index in [1.165, 1.54) is 21.3 Å². The molecule has 1 heterocycles. The molecule has 11 nitrogen and oxygen atoms in total. The van der Waals surface area contributed by atoms with Crippen molar-refractivity contribution in [1.29, 1.82) is 0 Å². The number of esters is 1. The maximum Gasteiger partial charge on any atom is 0.338 e. The van der Waals surface area contributed by atoms with Crippen LogP contribution in [0.4, 0.5) is 0 Å². The van der Waals surface area contributed by atoms with E-state index in [9.17, 15) is 4.79 Å². The van der Waals surface area contributed by atoms with E-state index in [1.807, 2.05) is 30.3 Å². The summed E-state index contributed by atoms with van der Waals surface area (Å²) >= 11 is 0. The molecule has 0 aromatic heterocycles. The first-order valence-electron chi connectivity index (χ1n) is 12.3. The van der Waals surface area contributed by atoms with E-state index >= 15 is 0 Å². The molecule has 11 heteroatoms. The van der Waals surface area contributed by atoms with Gasteiger partial charge in [-0.25, -0.2) is 4.79 Å². The van der Waals surface area contributed by atoms with Crippen LogP contribution < -0.4 is 0 Å². The highest BCUT2D eigenvalue weighted by molar-refractivity contribution is 5.95. The fraction of sp³-hybridized carbons (Fsp3) is 0.593. The van der Waals surface area contributed by atoms with Crippen LogP contribution in [0.5, 0.6) is 0 Å². The van der Waals surface area contributed by atoms with Gasteiger partial charge in [0, 0.05) is 34.9 Å². The van der Waals surface area contributed by atoms with Gasteiger partial charge in [0.2, 0.25) is 0 Å². The number of benzene rings is 2. The minimum absolute atomic E-state index is 0.00324. The van der Waals surface area contributed by atoms with Crippen molar-refractivity contribution >= 4 is 16.7 Å². The molecule has 0 N–H and O–H groups in total. The Morgan fingerprint density at radius 2 is 1.47 bits per heavy atom. The Bertz CT molecular complexity index is 956. The van der Waals surface area contributed by atoms with Crippen molar-refractivity contribution in [1.82, 2.24) is 0 Å². The van der Waals surface area contributed by atoms with Crippen LogP contribution in [-0.2, 0) is 47.4 Å². The smallest absolute Gasteiger partial charge is 0.338 e. The molecule has 1 unspecified atom stereocenters. The lowest BCUT2D eigenvalue weighted by Gasteiger charge is -2.26. The molecule has 0 aliphatic carbocycles. The Morgan fingerprint density at radius 3 is 2.16 bits per heavy atom. The van der Waals surface area contributed by atoms with Crippen LogP contribution in [0, 0.1) is 0 Å². The molecule has 38 heavy (non-hydrogen) atoms. The first kappa shape index (κ1) is 30.4. The van der Waals surface area contributed by atoms with E-state index in [-0.39, 0.29) is 46.5 Å². The number of hydrogen-bond donors (Lipinski definition) is 0. The summed E-state index contributed by atoms with van der Waals surface area (Å²) in [4.78, 5) is 12.9. The topological polar surface area (TPSA) is 109 Å². The number of methoxy groups -OCH3 is 4. The van der Waals surface area contributed by atoms with E-state index in [1.54, 1.807) is 19.2 Å². The summed E-state index contributed by atoms with van der Waals surface area (Å²) < 4.78 is 55.4. The average Bonchev–Trinajstić information content (AvgIpc) is 3.27. The van der Waals surface area contributed by atoms with Crippen molar-refractivity contribution < 1.29 is 52.2 Å². The Labute approximate surface area is 223 Å². The third-order valence-corrected chi connectivity index (χ3v) is 5.95. The molecule has 0 bridgehead atoms. The van der Waals surface area contributed by atoms with Gasteiger partial charge < -0.3 is 47.4 Å². The molecule has 0 spiro atoms. The minimum atomic E-state index is -0.621. The van der Waals surface area contributed by atoms with Crippen molar-refractivity contribution in [3.05, 3.63) is 48.0 Å². The van der Waals surface area contributed by atoms with Gasteiger partial charge in [-0.1, -0.05) is 30.3 Å². The summed E-state index contributed by atoms with van der Waals surface area (Å²) in [6.07, 6.45) is -2.24. The molecule has 0 radical (unpaired) electrons. The fourth-order valence-corrected chi connectivity index (χ4v) is 4.25. The summed E-state index contributed by atoms with van der Waals surface area (Å²) in [6.45, 7) is 0.420. The molecule has 2 aromatic carbocycles. The monoisotopic (exact) mass is 538 g/mol. The third kappa shape index (κ3) is 8.94. The number of carbonyl (C=O) groups excluding carboxylic acids is 1. The lowest BCUT2D eigenvalue weighted by molar-refractivity contribution is -0.161. The van der Waals surface area contributed by atoms with Gasteiger partial charge >= 0.3 is 5.97 Å². The molecular formula is C27H38O11. The largest absolute Gasteiger partial charge is 0.459 e. The molecule has 0 amide bonds. The van der Waals surface area contributed by atoms with Crippen LogP contribution in [0.15, 0.2) is 42.5 Å². The number of carbonyl (C=O) groups is 1. The average molecular weight is 539 g/mol. The fourth-order valence-electron chi connectivity index (χ4n) is 4.25. The van der Waals surface area contributed by atoms with Crippen LogP contribution in [-0.4, -0.2) is 105 Å². The SMILES string of the molecule is COCOCC(C[C@H]1O[C@H](COC(=O)c2ccc3ccccc3c2)[C@H](OCOC)[C@H]1OCOC)OCOC. The Hall–Kier alpha value is -2.19. The molecular weight excluding hydrogens is 500 g/mol. The van der Waals surface area contributed by atoms with E-state index in [2.05, 4.69) is 0 Å². The van der Waals surface area contributed by atoms with Gasteiger partial charge in [0.1, 0.15) is 52.1 Å². The second-order valence-corrected chi connectivity index (χ2v) is 8.66. The van der Waals surface area contributed by atoms with Crippen molar-refractivity contribution in [2.75, 3.05) is 68.8 Å². The maximum absolute atomic E-state index is 12.9. The van der Waals surface area contributed by atoms with E-state index in [0.29, 0.717) is 12.0 Å². The van der Waals surface area contributed by atoms with Crippen LogP contribution >= 0.6 is 0 Å². The predicted octanol–water partition coefficient (Wildman–Crippen LogP) is 2.74. The van der Waals surface area contributed by atoms with Gasteiger partial charge in [-0.2, -0.15) is 0 Å². The summed E-state index contributed by atoms with van der Waals surface area (Å²) in [5.41, 5.74) is 0.447. The zero-order valence-corrected chi connectivity index (χ0v) is 22.4. The highest BCUT2D eigenvalue weighted by Gasteiger charge is 2.47. The first-order chi connectivity index (χ1) is 18.6. The molecule has 1 aliphatic rings. The highest BCUT2D eigenvalue weighted by atomic mass is 16.7. The van der Waals surface area contributed by atoms with Crippen molar-refractivity contribution in [2.24, 2.45) is 0 Å². The number of rotatable bonds is 18. The van der Waals surface area contributed by atoms with E-state index in [0.717, 1.165) is 10.8 Å². The predicted molar refractivity (Wildman–Crippen MR) is 136 cm³/mol. The number of fused-ring (bicyclic) bond motifs is 1. The van der Waals surface area contributed by atoms with E-state index < -0.39 is 30.4 Å². The first-order valence-corrected chi connectivity index (χ1v) is 12.3. The summed E-state index contributed by atoms with van der Waals surface area (Å²) in [7, 11) is 6.13. The molecule has 1 fully saturated rings. The Balaban J connectivity index is 1.71. The van der Waals surface area contributed by atoms with Gasteiger partial charge in [0.15, 0.2) is 0 Å². The lowest BCUT2D eigenvalue weighted by Crippen LogP contribution is -2.41. The van der Waals surface area contributed by atoms with Crippen LogP contribution in [0.2, 0.25) is 0 Å². The number of hydrogen-bond acceptors (Lipinski definition) is 11. The van der Waals surface area contributed by atoms with Crippen LogP contribution in [0.25, 0.3) is 10.8 Å². The molecule has 1 aliphatic heterocycles. The molecule has 0 saturated carbocycles. The van der Waals surface area contributed by atoms with Gasteiger partial charge in [-0.15, -0.1) is 0 Å². The summed E-state index contributed by atoms with van der Waals surface area (Å²) in [5.74, 6) is -0.461. The second-order valence-electron chi connectivity index (χ2n) is 8.66. The highest BCUT2D eigenvalue weighted by Crippen LogP contribution is 2.31. The minimum Gasteiger partial charge on any atom is -0.459 e. The van der Waals surface area contributed by atoms with Gasteiger partial charge in [-0.05, 0) is 22.9 Å². The standard InChI is InChI=1S/C27H38O11/c1-29-15-33-13-22(35-16-30-2)12-23-25(36-17-31-3)26(37-18-32-4)24(38-23)14-34-27(28)21-10-9-19-7-5-6-8-20(19)11-21/h5-11,22-26H,12-18H2,1-4H3/t22?,23-,24-,25+,26+/m1/s1. The lowest BCUT2D eigenvalue weighted by atomic mass is 10.0. The summed E-state index contributed by atoms with van der Waals surface area (Å²) in [6, 6.07) is 13.2. The molecule has 1 saturated heterocycles. The van der Waals surface area contributed by atoms with Crippen molar-refractivity contribution in [3.63, 3.8) is 0 Å².